The molecule has 2 aliphatic heterocycles. The number of nitrogen functional groups attached to an aromatic ring is 1. The van der Waals surface area contributed by atoms with Crippen LogP contribution in [0.3, 0.4) is 0 Å². The normalized spacial score (nSPS) is 23.0. The van der Waals surface area contributed by atoms with Crippen LogP contribution in [0.5, 0.6) is 0 Å². The fourth-order valence-corrected chi connectivity index (χ4v) is 3.35. The molecule has 1 saturated heterocycles. The highest BCUT2D eigenvalue weighted by Gasteiger charge is 2.46. The van der Waals surface area contributed by atoms with Gasteiger partial charge >= 0.3 is 0 Å². The molecule has 1 spiro atoms. The van der Waals surface area contributed by atoms with Gasteiger partial charge in [0.2, 0.25) is 0 Å². The summed E-state index contributed by atoms with van der Waals surface area (Å²) in [5.74, 6) is 0.0802. The Bertz CT molecular complexity index is 748. The average Bonchev–Trinajstić information content (AvgIpc) is 3.14. The van der Waals surface area contributed by atoms with Gasteiger partial charge in [0.1, 0.15) is 17.7 Å². The third-order valence-electron chi connectivity index (χ3n) is 4.50. The summed E-state index contributed by atoms with van der Waals surface area (Å²) in [6, 6.07) is 8.21. The average molecular weight is 296 g/mol. The largest absolute Gasteiger partial charge is 0.383 e. The van der Waals surface area contributed by atoms with E-state index in [1.54, 1.807) is 4.90 Å². The molecule has 6 heteroatoms. The van der Waals surface area contributed by atoms with Gasteiger partial charge in [0, 0.05) is 12.7 Å². The number of carbonyl (C=O) groups excluding carboxylic acids is 1. The van der Waals surface area contributed by atoms with Gasteiger partial charge in [0.25, 0.3) is 5.91 Å². The summed E-state index contributed by atoms with van der Waals surface area (Å²) in [7, 11) is 0. The van der Waals surface area contributed by atoms with Gasteiger partial charge in [-0.05, 0) is 17.5 Å². The van der Waals surface area contributed by atoms with Crippen LogP contribution in [0.15, 0.2) is 36.8 Å². The van der Waals surface area contributed by atoms with Crippen LogP contribution >= 0.6 is 0 Å². The number of nitrogens with two attached hydrogens (primary N) is 1. The highest BCUT2D eigenvalue weighted by molar-refractivity contribution is 5.98. The maximum Gasteiger partial charge on any atom is 0.259 e. The van der Waals surface area contributed by atoms with Gasteiger partial charge in [0.15, 0.2) is 0 Å². The van der Waals surface area contributed by atoms with E-state index in [0.29, 0.717) is 25.3 Å². The first-order chi connectivity index (χ1) is 10.7. The molecule has 2 N–H and O–H groups in total. The lowest BCUT2D eigenvalue weighted by molar-refractivity contribution is -0.0282. The lowest BCUT2D eigenvalue weighted by Crippen LogP contribution is -2.34. The molecule has 3 heterocycles. The molecule has 1 fully saturated rings. The zero-order valence-electron chi connectivity index (χ0n) is 12.0. The Labute approximate surface area is 127 Å². The van der Waals surface area contributed by atoms with Crippen LogP contribution < -0.4 is 5.73 Å². The van der Waals surface area contributed by atoms with E-state index in [-0.39, 0.29) is 17.3 Å². The molecular weight excluding hydrogens is 280 g/mol. The molecule has 2 aliphatic rings. The third kappa shape index (κ3) is 1.88. The van der Waals surface area contributed by atoms with Gasteiger partial charge in [0.05, 0.1) is 18.7 Å². The quantitative estimate of drug-likeness (QED) is 0.858. The maximum absolute atomic E-state index is 12.6. The lowest BCUT2D eigenvalue weighted by Gasteiger charge is -2.24. The first-order valence-electron chi connectivity index (χ1n) is 7.27. The molecule has 1 aromatic carbocycles. The van der Waals surface area contributed by atoms with Crippen LogP contribution in [0.4, 0.5) is 5.82 Å². The van der Waals surface area contributed by atoms with Crippen molar-refractivity contribution in [3.05, 3.63) is 53.5 Å². The minimum Gasteiger partial charge on any atom is -0.383 e. The van der Waals surface area contributed by atoms with Crippen molar-refractivity contribution in [1.29, 1.82) is 0 Å². The molecule has 0 radical (unpaired) electrons. The molecule has 0 bridgehead atoms. The number of amides is 1. The molecular formula is C16H16N4O2. The van der Waals surface area contributed by atoms with E-state index in [0.717, 1.165) is 6.42 Å². The van der Waals surface area contributed by atoms with Crippen LogP contribution in [-0.4, -0.2) is 33.9 Å². The van der Waals surface area contributed by atoms with E-state index in [4.69, 9.17) is 10.5 Å². The number of hydrogen-bond donors (Lipinski definition) is 1. The zero-order valence-corrected chi connectivity index (χ0v) is 12.0. The first-order valence-corrected chi connectivity index (χ1v) is 7.27. The summed E-state index contributed by atoms with van der Waals surface area (Å²) < 4.78 is 6.06. The standard InChI is InChI=1S/C16H16N4O2/c17-14-12(7-18-10-19-14)15(21)20-6-5-16(9-20)13-4-2-1-3-11(13)8-22-16/h1-4,7,10H,5-6,8-9H2,(H2,17,18,19). The summed E-state index contributed by atoms with van der Waals surface area (Å²) in [6.07, 6.45) is 3.61. The molecule has 22 heavy (non-hydrogen) atoms. The Hall–Kier alpha value is -2.47. The number of nitrogens with zero attached hydrogens (tertiary/aromatic N) is 3. The van der Waals surface area contributed by atoms with Crippen molar-refractivity contribution in [3.8, 4) is 0 Å². The second-order valence-corrected chi connectivity index (χ2v) is 5.74. The summed E-state index contributed by atoms with van der Waals surface area (Å²) in [4.78, 5) is 22.2. The topological polar surface area (TPSA) is 81.3 Å². The number of anilines is 1. The molecule has 2 aromatic rings. The zero-order chi connectivity index (χ0) is 15.2. The fraction of sp³-hybridized carbons (Fsp3) is 0.312. The van der Waals surface area contributed by atoms with Gasteiger partial charge in [-0.25, -0.2) is 9.97 Å². The van der Waals surface area contributed by atoms with Crippen molar-refractivity contribution in [2.24, 2.45) is 0 Å². The van der Waals surface area contributed by atoms with Crippen molar-refractivity contribution in [2.75, 3.05) is 18.8 Å². The molecule has 4 rings (SSSR count). The molecule has 1 aromatic heterocycles. The summed E-state index contributed by atoms with van der Waals surface area (Å²) in [6.45, 7) is 1.79. The maximum atomic E-state index is 12.6. The van der Waals surface area contributed by atoms with E-state index in [1.807, 2.05) is 12.1 Å². The Balaban J connectivity index is 1.62. The van der Waals surface area contributed by atoms with Crippen molar-refractivity contribution >= 4 is 11.7 Å². The van der Waals surface area contributed by atoms with Gasteiger partial charge in [-0.15, -0.1) is 0 Å². The van der Waals surface area contributed by atoms with E-state index < -0.39 is 0 Å². The van der Waals surface area contributed by atoms with Crippen LogP contribution in [0.25, 0.3) is 0 Å². The van der Waals surface area contributed by atoms with E-state index >= 15 is 0 Å². The first kappa shape index (κ1) is 13.2. The Morgan fingerprint density at radius 1 is 1.36 bits per heavy atom. The highest BCUT2D eigenvalue weighted by Crippen LogP contribution is 2.43. The smallest absolute Gasteiger partial charge is 0.259 e. The summed E-state index contributed by atoms with van der Waals surface area (Å²) in [5, 5.41) is 0. The molecule has 0 aliphatic carbocycles. The number of ether oxygens (including phenoxy) is 1. The van der Waals surface area contributed by atoms with Crippen LogP contribution in [0, 0.1) is 0 Å². The second kappa shape index (κ2) is 4.78. The molecule has 0 saturated carbocycles. The summed E-state index contributed by atoms with van der Waals surface area (Å²) >= 11 is 0. The van der Waals surface area contributed by atoms with Crippen LogP contribution in [-0.2, 0) is 16.9 Å². The Morgan fingerprint density at radius 2 is 2.23 bits per heavy atom. The summed E-state index contributed by atoms with van der Waals surface area (Å²) in [5.41, 5.74) is 8.16. The number of hydrogen-bond acceptors (Lipinski definition) is 5. The number of likely N-dealkylation sites (tertiary alicyclic amines) is 1. The number of benzene rings is 1. The minimum absolute atomic E-state index is 0.136. The number of carbonyl (C=O) groups is 1. The molecule has 1 unspecified atom stereocenters. The van der Waals surface area contributed by atoms with Gasteiger partial charge in [-0.1, -0.05) is 24.3 Å². The minimum atomic E-state index is -0.378. The SMILES string of the molecule is Nc1ncncc1C(=O)N1CCC2(C1)OCc1ccccc12. The monoisotopic (exact) mass is 296 g/mol. The second-order valence-electron chi connectivity index (χ2n) is 5.74. The predicted molar refractivity (Wildman–Crippen MR) is 79.9 cm³/mol. The van der Waals surface area contributed by atoms with Crippen LogP contribution in [0.2, 0.25) is 0 Å². The van der Waals surface area contributed by atoms with E-state index in [9.17, 15) is 4.79 Å². The molecule has 6 nitrogen and oxygen atoms in total. The Morgan fingerprint density at radius 3 is 3.09 bits per heavy atom. The Kier molecular flexibility index (Phi) is 2.87. The van der Waals surface area contributed by atoms with Gasteiger partial charge in [-0.3, -0.25) is 4.79 Å². The third-order valence-corrected chi connectivity index (χ3v) is 4.50. The van der Waals surface area contributed by atoms with Gasteiger partial charge in [-0.2, -0.15) is 0 Å². The van der Waals surface area contributed by atoms with Gasteiger partial charge < -0.3 is 15.4 Å². The number of fused-ring (bicyclic) bond motifs is 2. The fourth-order valence-electron chi connectivity index (χ4n) is 3.35. The van der Waals surface area contributed by atoms with Crippen molar-refractivity contribution in [3.63, 3.8) is 0 Å². The number of aromatic nitrogens is 2. The van der Waals surface area contributed by atoms with E-state index in [1.165, 1.54) is 23.7 Å². The van der Waals surface area contributed by atoms with Crippen molar-refractivity contribution in [2.45, 2.75) is 18.6 Å². The molecule has 1 atom stereocenters. The van der Waals surface area contributed by atoms with Crippen LogP contribution in [0.1, 0.15) is 27.9 Å². The number of rotatable bonds is 1. The van der Waals surface area contributed by atoms with E-state index in [2.05, 4.69) is 22.1 Å². The predicted octanol–water partition coefficient (Wildman–Crippen LogP) is 1.33. The molecule has 1 amide bonds. The van der Waals surface area contributed by atoms with Crippen molar-refractivity contribution in [1.82, 2.24) is 14.9 Å². The van der Waals surface area contributed by atoms with Crippen molar-refractivity contribution < 1.29 is 9.53 Å². The molecule has 112 valence electrons. The lowest BCUT2D eigenvalue weighted by atomic mass is 9.92. The highest BCUT2D eigenvalue weighted by atomic mass is 16.5.